The molecule has 0 spiro atoms. The van der Waals surface area contributed by atoms with Crippen molar-refractivity contribution in [2.75, 3.05) is 45.9 Å². The van der Waals surface area contributed by atoms with Crippen molar-refractivity contribution in [2.45, 2.75) is 39.8 Å². The number of rotatable bonds is 10. The zero-order valence-electron chi connectivity index (χ0n) is 19.3. The van der Waals surface area contributed by atoms with Crippen LogP contribution < -0.4 is 10.6 Å². The van der Waals surface area contributed by atoms with Crippen molar-refractivity contribution in [3.8, 4) is 0 Å². The number of nitrogens with one attached hydrogen (secondary N) is 2. The average Bonchev–Trinajstić information content (AvgIpc) is 3.22. The lowest BCUT2D eigenvalue weighted by Gasteiger charge is -2.36. The number of aliphatic imine (C=N–C) groups is 1. The second kappa shape index (κ2) is 12.5. The van der Waals surface area contributed by atoms with Gasteiger partial charge in [0.25, 0.3) is 0 Å². The van der Waals surface area contributed by atoms with Crippen LogP contribution in [0.3, 0.4) is 0 Å². The highest BCUT2D eigenvalue weighted by molar-refractivity contribution is 5.79. The smallest absolute Gasteiger partial charge is 0.191 e. The summed E-state index contributed by atoms with van der Waals surface area (Å²) in [5.74, 6) is 2.51. The molecule has 1 aliphatic rings. The minimum absolute atomic E-state index is 0.434. The van der Waals surface area contributed by atoms with E-state index in [1.807, 2.05) is 12.3 Å². The Morgan fingerprint density at radius 1 is 1.16 bits per heavy atom. The summed E-state index contributed by atoms with van der Waals surface area (Å²) in [6, 6.07) is 10.9. The first kappa shape index (κ1) is 23.3. The summed E-state index contributed by atoms with van der Waals surface area (Å²) in [4.78, 5) is 12.0. The van der Waals surface area contributed by atoms with E-state index >= 15 is 0 Å². The molecule has 0 bridgehead atoms. The second-order valence-corrected chi connectivity index (χ2v) is 8.31. The maximum Gasteiger partial charge on any atom is 0.191 e. The standard InChI is InChI=1S/C24H38N6O/c1-4-25-24(28-18-22(20(2)3)29-14-16-31-17-15-29)27-11-10-23-26-12-13-30(23)19-21-8-6-5-7-9-21/h5-9,12-13,20,22H,4,10-11,14-19H2,1-3H3,(H2,25,27,28). The number of aromatic nitrogens is 2. The third-order valence-corrected chi connectivity index (χ3v) is 5.70. The van der Waals surface area contributed by atoms with Gasteiger partial charge in [-0.3, -0.25) is 9.89 Å². The summed E-state index contributed by atoms with van der Waals surface area (Å²) in [5, 5.41) is 6.87. The maximum absolute atomic E-state index is 5.52. The van der Waals surface area contributed by atoms with Gasteiger partial charge in [-0.1, -0.05) is 44.2 Å². The van der Waals surface area contributed by atoms with Gasteiger partial charge in [0.05, 0.1) is 19.8 Å². The summed E-state index contributed by atoms with van der Waals surface area (Å²) in [7, 11) is 0. The van der Waals surface area contributed by atoms with Crippen molar-refractivity contribution in [3.63, 3.8) is 0 Å². The monoisotopic (exact) mass is 426 g/mol. The third kappa shape index (κ3) is 7.36. The highest BCUT2D eigenvalue weighted by Gasteiger charge is 2.23. The Kier molecular flexibility index (Phi) is 9.37. The van der Waals surface area contributed by atoms with E-state index in [2.05, 4.69) is 76.3 Å². The van der Waals surface area contributed by atoms with E-state index in [1.165, 1.54) is 5.56 Å². The lowest BCUT2D eigenvalue weighted by atomic mass is 10.0. The lowest BCUT2D eigenvalue weighted by molar-refractivity contribution is 0.00867. The summed E-state index contributed by atoms with van der Waals surface area (Å²) in [5.41, 5.74) is 1.28. The summed E-state index contributed by atoms with van der Waals surface area (Å²) in [6.07, 6.45) is 4.78. The van der Waals surface area contributed by atoms with Gasteiger partial charge in [0.2, 0.25) is 0 Å². The van der Waals surface area contributed by atoms with Crippen LogP contribution in [-0.4, -0.2) is 72.4 Å². The van der Waals surface area contributed by atoms with Crippen LogP contribution in [0.2, 0.25) is 0 Å². The number of nitrogens with zero attached hydrogens (tertiary/aromatic N) is 4. The Hall–Kier alpha value is -2.38. The molecule has 1 aromatic heterocycles. The van der Waals surface area contributed by atoms with E-state index in [-0.39, 0.29) is 0 Å². The molecule has 2 heterocycles. The first-order chi connectivity index (χ1) is 15.2. The molecule has 7 nitrogen and oxygen atoms in total. The molecule has 0 aliphatic carbocycles. The van der Waals surface area contributed by atoms with Gasteiger partial charge in [-0.25, -0.2) is 4.98 Å². The van der Waals surface area contributed by atoms with Gasteiger partial charge >= 0.3 is 0 Å². The fraction of sp³-hybridized carbons (Fsp3) is 0.583. The van der Waals surface area contributed by atoms with E-state index in [9.17, 15) is 0 Å². The van der Waals surface area contributed by atoms with Gasteiger partial charge in [-0.2, -0.15) is 0 Å². The molecule has 3 rings (SSSR count). The molecule has 2 N–H and O–H groups in total. The van der Waals surface area contributed by atoms with Crippen LogP contribution in [0.1, 0.15) is 32.2 Å². The Bertz CT molecular complexity index is 782. The highest BCUT2D eigenvalue weighted by atomic mass is 16.5. The molecule has 1 aliphatic heterocycles. The normalized spacial score (nSPS) is 16.5. The quantitative estimate of drug-likeness (QED) is 0.451. The van der Waals surface area contributed by atoms with Crippen LogP contribution in [0.4, 0.5) is 0 Å². The van der Waals surface area contributed by atoms with Crippen molar-refractivity contribution in [2.24, 2.45) is 10.9 Å². The molecule has 0 radical (unpaired) electrons. The minimum Gasteiger partial charge on any atom is -0.379 e. The molecular weight excluding hydrogens is 388 g/mol. The number of benzene rings is 1. The van der Waals surface area contributed by atoms with Crippen LogP contribution >= 0.6 is 0 Å². The van der Waals surface area contributed by atoms with Gasteiger partial charge < -0.3 is 19.9 Å². The van der Waals surface area contributed by atoms with Gasteiger partial charge in [0.15, 0.2) is 5.96 Å². The van der Waals surface area contributed by atoms with Crippen molar-refractivity contribution in [1.29, 1.82) is 0 Å². The summed E-state index contributed by atoms with van der Waals surface area (Å²) >= 11 is 0. The Labute approximate surface area is 186 Å². The van der Waals surface area contributed by atoms with Crippen LogP contribution in [0, 0.1) is 5.92 Å². The minimum atomic E-state index is 0.434. The zero-order chi connectivity index (χ0) is 21.9. The predicted molar refractivity (Wildman–Crippen MR) is 126 cm³/mol. The van der Waals surface area contributed by atoms with E-state index in [4.69, 9.17) is 9.73 Å². The first-order valence-corrected chi connectivity index (χ1v) is 11.5. The van der Waals surface area contributed by atoms with Crippen molar-refractivity contribution >= 4 is 5.96 Å². The number of morpholine rings is 1. The van der Waals surface area contributed by atoms with Crippen molar-refractivity contribution < 1.29 is 4.74 Å². The number of hydrogen-bond acceptors (Lipinski definition) is 4. The van der Waals surface area contributed by atoms with E-state index in [1.54, 1.807) is 0 Å². The van der Waals surface area contributed by atoms with Crippen molar-refractivity contribution in [1.82, 2.24) is 25.1 Å². The number of ether oxygens (including phenoxy) is 1. The van der Waals surface area contributed by atoms with Crippen LogP contribution in [0.15, 0.2) is 47.7 Å². The molecule has 31 heavy (non-hydrogen) atoms. The van der Waals surface area contributed by atoms with Gasteiger partial charge in [-0.15, -0.1) is 0 Å². The fourth-order valence-corrected chi connectivity index (χ4v) is 3.97. The maximum atomic E-state index is 5.52. The topological polar surface area (TPSA) is 66.7 Å². The largest absolute Gasteiger partial charge is 0.379 e. The molecule has 170 valence electrons. The molecule has 0 saturated carbocycles. The molecule has 1 aromatic carbocycles. The Morgan fingerprint density at radius 3 is 2.65 bits per heavy atom. The summed E-state index contributed by atoms with van der Waals surface area (Å²) in [6.45, 7) is 13.6. The summed E-state index contributed by atoms with van der Waals surface area (Å²) < 4.78 is 7.74. The molecule has 1 fully saturated rings. The molecular formula is C24H38N6O. The number of hydrogen-bond donors (Lipinski definition) is 2. The third-order valence-electron chi connectivity index (χ3n) is 5.70. The van der Waals surface area contributed by atoms with E-state index in [0.717, 1.165) is 70.7 Å². The second-order valence-electron chi connectivity index (χ2n) is 8.31. The van der Waals surface area contributed by atoms with Gasteiger partial charge in [0, 0.05) is 57.6 Å². The van der Waals surface area contributed by atoms with Gasteiger partial charge in [-0.05, 0) is 18.4 Å². The molecule has 2 aromatic rings. The van der Waals surface area contributed by atoms with Gasteiger partial charge in [0.1, 0.15) is 5.82 Å². The zero-order valence-corrected chi connectivity index (χ0v) is 19.3. The lowest BCUT2D eigenvalue weighted by Crippen LogP contribution is -2.48. The Morgan fingerprint density at radius 2 is 1.94 bits per heavy atom. The predicted octanol–water partition coefficient (Wildman–Crippen LogP) is 2.39. The SMILES string of the molecule is CCNC(=NCC(C(C)C)N1CCOCC1)NCCc1nccn1Cc1ccccc1. The fourth-order valence-electron chi connectivity index (χ4n) is 3.97. The molecule has 1 saturated heterocycles. The van der Waals surface area contributed by atoms with Crippen LogP contribution in [0.25, 0.3) is 0 Å². The highest BCUT2D eigenvalue weighted by Crippen LogP contribution is 2.13. The Balaban J connectivity index is 1.54. The number of imidazole rings is 1. The molecule has 1 atom stereocenters. The number of guanidine groups is 1. The average molecular weight is 427 g/mol. The molecule has 7 heteroatoms. The van der Waals surface area contributed by atoms with Crippen LogP contribution in [0.5, 0.6) is 0 Å². The van der Waals surface area contributed by atoms with Crippen LogP contribution in [-0.2, 0) is 17.7 Å². The van der Waals surface area contributed by atoms with Crippen molar-refractivity contribution in [3.05, 3.63) is 54.1 Å². The van der Waals surface area contributed by atoms with E-state index < -0.39 is 0 Å². The molecule has 0 amide bonds. The van der Waals surface area contributed by atoms with E-state index in [0.29, 0.717) is 12.0 Å². The first-order valence-electron chi connectivity index (χ1n) is 11.5. The molecule has 1 unspecified atom stereocenters.